The highest BCUT2D eigenvalue weighted by Gasteiger charge is 2.05. The van der Waals surface area contributed by atoms with Gasteiger partial charge in [0.2, 0.25) is 0 Å². The fourth-order valence-electron chi connectivity index (χ4n) is 2.68. The number of hydrogen-bond acceptors (Lipinski definition) is 3. The van der Waals surface area contributed by atoms with Crippen LogP contribution < -0.4 is 15.4 Å². The molecule has 0 aliphatic carbocycles. The zero-order valence-electron chi connectivity index (χ0n) is 15.9. The lowest BCUT2D eigenvalue weighted by Crippen LogP contribution is -2.37. The molecule has 0 fully saturated rings. The second kappa shape index (κ2) is 12.1. The van der Waals surface area contributed by atoms with Crippen LogP contribution in [-0.2, 0) is 19.6 Å². The first-order valence-corrected chi connectivity index (χ1v) is 9.06. The number of benzene rings is 2. The highest BCUT2D eigenvalue weighted by molar-refractivity contribution is 14.0. The third-order valence-corrected chi connectivity index (χ3v) is 4.12. The van der Waals surface area contributed by atoms with Gasteiger partial charge in [0, 0.05) is 32.1 Å². The van der Waals surface area contributed by atoms with Crippen molar-refractivity contribution in [3.8, 4) is 5.75 Å². The Bertz CT molecular complexity index is 836. The molecular formula is C22H26IN3O2. The average Bonchev–Trinajstić information content (AvgIpc) is 3.24. The Labute approximate surface area is 183 Å². The molecule has 2 N–H and O–H groups in total. The highest BCUT2D eigenvalue weighted by Crippen LogP contribution is 2.19. The van der Waals surface area contributed by atoms with E-state index in [2.05, 4.69) is 33.8 Å². The molecule has 1 aromatic heterocycles. The Morgan fingerprint density at radius 2 is 1.75 bits per heavy atom. The van der Waals surface area contributed by atoms with Crippen LogP contribution in [0.5, 0.6) is 5.75 Å². The summed E-state index contributed by atoms with van der Waals surface area (Å²) in [5, 5.41) is 6.63. The van der Waals surface area contributed by atoms with Crippen molar-refractivity contribution in [3.63, 3.8) is 0 Å². The summed E-state index contributed by atoms with van der Waals surface area (Å²) in [6.45, 7) is 1.93. The third kappa shape index (κ3) is 6.92. The van der Waals surface area contributed by atoms with Crippen molar-refractivity contribution >= 4 is 29.9 Å². The van der Waals surface area contributed by atoms with Gasteiger partial charge in [0.15, 0.2) is 5.96 Å². The molecule has 148 valence electrons. The second-order valence-electron chi connectivity index (χ2n) is 6.06. The number of halogens is 1. The zero-order valence-corrected chi connectivity index (χ0v) is 18.3. The number of guanidine groups is 1. The van der Waals surface area contributed by atoms with Crippen molar-refractivity contribution in [2.45, 2.75) is 19.6 Å². The monoisotopic (exact) mass is 491 g/mol. The minimum Gasteiger partial charge on any atom is -0.489 e. The number of nitrogens with one attached hydrogen (secondary N) is 2. The first-order chi connectivity index (χ1) is 13.3. The van der Waals surface area contributed by atoms with E-state index >= 15 is 0 Å². The molecule has 0 amide bonds. The van der Waals surface area contributed by atoms with E-state index in [0.29, 0.717) is 13.2 Å². The van der Waals surface area contributed by atoms with Crippen molar-refractivity contribution in [1.82, 2.24) is 10.6 Å². The van der Waals surface area contributed by atoms with Gasteiger partial charge >= 0.3 is 0 Å². The SMILES string of the molecule is CN=C(NCCc1ccco1)NCc1ccccc1OCc1ccccc1.I. The Hall–Kier alpha value is -2.48. The van der Waals surface area contributed by atoms with E-state index in [1.165, 1.54) is 0 Å². The summed E-state index contributed by atoms with van der Waals surface area (Å²) in [5.41, 5.74) is 2.23. The lowest BCUT2D eigenvalue weighted by molar-refractivity contribution is 0.302. The predicted molar refractivity (Wildman–Crippen MR) is 123 cm³/mol. The normalized spacial score (nSPS) is 10.8. The van der Waals surface area contributed by atoms with E-state index in [4.69, 9.17) is 9.15 Å². The number of aliphatic imine (C=N–C) groups is 1. The van der Waals surface area contributed by atoms with E-state index in [1.807, 2.05) is 48.5 Å². The van der Waals surface area contributed by atoms with Crippen LogP contribution >= 0.6 is 24.0 Å². The Kier molecular flexibility index (Phi) is 9.41. The van der Waals surface area contributed by atoms with Gasteiger partial charge in [-0.25, -0.2) is 0 Å². The van der Waals surface area contributed by atoms with Crippen molar-refractivity contribution in [1.29, 1.82) is 0 Å². The zero-order chi connectivity index (χ0) is 18.7. The van der Waals surface area contributed by atoms with E-state index < -0.39 is 0 Å². The minimum absolute atomic E-state index is 0. The summed E-state index contributed by atoms with van der Waals surface area (Å²) < 4.78 is 11.3. The van der Waals surface area contributed by atoms with Crippen molar-refractivity contribution in [2.24, 2.45) is 4.99 Å². The summed E-state index contributed by atoms with van der Waals surface area (Å²) >= 11 is 0. The van der Waals surface area contributed by atoms with Gasteiger partial charge in [0.05, 0.1) is 6.26 Å². The van der Waals surface area contributed by atoms with Crippen LogP contribution in [0.25, 0.3) is 0 Å². The molecule has 3 rings (SSSR count). The molecule has 0 spiro atoms. The number of rotatable bonds is 8. The van der Waals surface area contributed by atoms with Crippen LogP contribution in [0.4, 0.5) is 0 Å². The summed E-state index contributed by atoms with van der Waals surface area (Å²) in [4.78, 5) is 4.27. The molecule has 0 aliphatic heterocycles. The van der Waals surface area contributed by atoms with Gasteiger partial charge in [0.1, 0.15) is 18.1 Å². The number of ether oxygens (including phenoxy) is 1. The molecule has 3 aromatic rings. The Morgan fingerprint density at radius 1 is 0.964 bits per heavy atom. The molecule has 2 aromatic carbocycles. The Morgan fingerprint density at radius 3 is 2.50 bits per heavy atom. The van der Waals surface area contributed by atoms with Crippen LogP contribution in [0.2, 0.25) is 0 Å². The quantitative estimate of drug-likeness (QED) is 0.279. The lowest BCUT2D eigenvalue weighted by atomic mass is 10.2. The molecule has 5 nitrogen and oxygen atoms in total. The summed E-state index contributed by atoms with van der Waals surface area (Å²) in [5.74, 6) is 2.58. The van der Waals surface area contributed by atoms with Crippen molar-refractivity contribution in [2.75, 3.05) is 13.6 Å². The average molecular weight is 491 g/mol. The lowest BCUT2D eigenvalue weighted by Gasteiger charge is -2.15. The van der Waals surface area contributed by atoms with E-state index in [1.54, 1.807) is 13.3 Å². The molecular weight excluding hydrogens is 465 g/mol. The van der Waals surface area contributed by atoms with Gasteiger partial charge < -0.3 is 19.8 Å². The van der Waals surface area contributed by atoms with E-state index in [-0.39, 0.29) is 24.0 Å². The van der Waals surface area contributed by atoms with Crippen LogP contribution in [0.15, 0.2) is 82.4 Å². The fourth-order valence-corrected chi connectivity index (χ4v) is 2.68. The van der Waals surface area contributed by atoms with Gasteiger partial charge in [-0.2, -0.15) is 0 Å². The number of hydrogen-bond donors (Lipinski definition) is 2. The molecule has 0 saturated heterocycles. The molecule has 0 bridgehead atoms. The molecule has 0 radical (unpaired) electrons. The number of nitrogens with zero attached hydrogens (tertiary/aromatic N) is 1. The van der Waals surface area contributed by atoms with E-state index in [0.717, 1.165) is 41.6 Å². The fraction of sp³-hybridized carbons (Fsp3) is 0.227. The highest BCUT2D eigenvalue weighted by atomic mass is 127. The second-order valence-corrected chi connectivity index (χ2v) is 6.06. The van der Waals surface area contributed by atoms with Crippen LogP contribution in [0.1, 0.15) is 16.9 Å². The van der Waals surface area contributed by atoms with Gasteiger partial charge in [-0.05, 0) is 23.8 Å². The van der Waals surface area contributed by atoms with Crippen molar-refractivity contribution < 1.29 is 9.15 Å². The van der Waals surface area contributed by atoms with Crippen LogP contribution in [0.3, 0.4) is 0 Å². The van der Waals surface area contributed by atoms with Crippen LogP contribution in [-0.4, -0.2) is 19.6 Å². The predicted octanol–water partition coefficient (Wildman–Crippen LogP) is 4.38. The smallest absolute Gasteiger partial charge is 0.191 e. The van der Waals surface area contributed by atoms with E-state index in [9.17, 15) is 0 Å². The standard InChI is InChI=1S/C22H25N3O2.HI/c1-23-22(24-14-13-20-11-7-15-26-20)25-16-19-10-5-6-12-21(19)27-17-18-8-3-2-4-9-18;/h2-12,15H,13-14,16-17H2,1H3,(H2,23,24,25);1H. The maximum Gasteiger partial charge on any atom is 0.191 e. The number of furan rings is 1. The summed E-state index contributed by atoms with van der Waals surface area (Å²) in [6, 6.07) is 22.1. The summed E-state index contributed by atoms with van der Waals surface area (Å²) in [6.07, 6.45) is 2.50. The molecule has 28 heavy (non-hydrogen) atoms. The Balaban J connectivity index is 0.00000280. The minimum atomic E-state index is 0. The van der Waals surface area contributed by atoms with Crippen LogP contribution in [0, 0.1) is 0 Å². The van der Waals surface area contributed by atoms with Gasteiger partial charge in [-0.1, -0.05) is 48.5 Å². The summed E-state index contributed by atoms with van der Waals surface area (Å²) in [7, 11) is 1.76. The first kappa shape index (κ1) is 21.8. The maximum atomic E-state index is 6.01. The first-order valence-electron chi connectivity index (χ1n) is 9.06. The number of para-hydroxylation sites is 1. The molecule has 0 aliphatic rings. The third-order valence-electron chi connectivity index (χ3n) is 4.12. The molecule has 0 atom stereocenters. The molecule has 6 heteroatoms. The van der Waals surface area contributed by atoms with Gasteiger partial charge in [-0.3, -0.25) is 4.99 Å². The topological polar surface area (TPSA) is 58.8 Å². The molecule has 0 saturated carbocycles. The largest absolute Gasteiger partial charge is 0.489 e. The molecule has 0 unspecified atom stereocenters. The van der Waals surface area contributed by atoms with Crippen molar-refractivity contribution in [3.05, 3.63) is 89.9 Å². The van der Waals surface area contributed by atoms with Gasteiger partial charge in [-0.15, -0.1) is 24.0 Å². The molecule has 1 heterocycles. The van der Waals surface area contributed by atoms with Gasteiger partial charge in [0.25, 0.3) is 0 Å². The maximum absolute atomic E-state index is 6.01.